The first-order valence-electron chi connectivity index (χ1n) is 10.3. The summed E-state index contributed by atoms with van der Waals surface area (Å²) in [6.07, 6.45) is 4.01. The average Bonchev–Trinajstić information content (AvgIpc) is 3.29. The van der Waals surface area contributed by atoms with Gasteiger partial charge in [-0.1, -0.05) is 48.1 Å². The molecule has 1 fully saturated rings. The molecule has 0 bridgehead atoms. The second kappa shape index (κ2) is 8.42. The van der Waals surface area contributed by atoms with Gasteiger partial charge >= 0.3 is 0 Å². The molecule has 33 heavy (non-hydrogen) atoms. The van der Waals surface area contributed by atoms with Crippen LogP contribution in [0.1, 0.15) is 18.1 Å². The molecule has 1 saturated heterocycles. The topological polar surface area (TPSA) is 71.6 Å². The van der Waals surface area contributed by atoms with Crippen LogP contribution in [0, 0.1) is 6.92 Å². The Labute approximate surface area is 203 Å². The second-order valence-electron chi connectivity index (χ2n) is 7.61. The number of hydrogen-bond donors (Lipinski definition) is 1. The maximum absolute atomic E-state index is 13.8. The van der Waals surface area contributed by atoms with Gasteiger partial charge in [-0.3, -0.25) is 14.2 Å². The van der Waals surface area contributed by atoms with E-state index < -0.39 is 5.91 Å². The number of aryl methyl sites for hydroxylation is 1. The van der Waals surface area contributed by atoms with E-state index in [0.717, 1.165) is 33.7 Å². The smallest absolute Gasteiger partial charge is 0.283 e. The molecule has 3 aromatic rings. The first kappa shape index (κ1) is 21.8. The number of hydrazine groups is 1. The van der Waals surface area contributed by atoms with Gasteiger partial charge in [0.15, 0.2) is 4.32 Å². The van der Waals surface area contributed by atoms with Crippen LogP contribution in [0.4, 0.5) is 5.69 Å². The van der Waals surface area contributed by atoms with Gasteiger partial charge in [-0.25, -0.2) is 10.9 Å². The number of nitrogens with zero attached hydrogens (tertiary/aromatic N) is 3. The van der Waals surface area contributed by atoms with Crippen LogP contribution < -0.4 is 25.5 Å². The molecule has 2 aliphatic heterocycles. The highest BCUT2D eigenvalue weighted by Gasteiger charge is 2.33. The number of thiocarbonyl (C=S) groups is 1. The molecular formula is C24H20N4O2S3. The number of fused-ring (bicyclic) bond motifs is 1. The summed E-state index contributed by atoms with van der Waals surface area (Å²) < 4.78 is 2.93. The molecule has 0 saturated carbocycles. The summed E-state index contributed by atoms with van der Waals surface area (Å²) >= 11 is 7.64. The maximum Gasteiger partial charge on any atom is 0.283 e. The summed E-state index contributed by atoms with van der Waals surface area (Å²) in [4.78, 5) is 29.1. The van der Waals surface area contributed by atoms with Gasteiger partial charge in [-0.2, -0.15) is 0 Å². The predicted molar refractivity (Wildman–Crippen MR) is 140 cm³/mol. The van der Waals surface area contributed by atoms with Crippen molar-refractivity contribution in [1.82, 2.24) is 9.58 Å². The van der Waals surface area contributed by atoms with Crippen molar-refractivity contribution in [1.29, 1.82) is 0 Å². The third-order valence-corrected chi connectivity index (χ3v) is 8.23. The summed E-state index contributed by atoms with van der Waals surface area (Å²) in [7, 11) is 0. The van der Waals surface area contributed by atoms with Gasteiger partial charge in [0.2, 0.25) is 0 Å². The minimum atomic E-state index is -0.403. The molecule has 0 atom stereocenters. The van der Waals surface area contributed by atoms with Crippen molar-refractivity contribution in [3.8, 4) is 5.69 Å². The van der Waals surface area contributed by atoms with E-state index in [0.29, 0.717) is 26.3 Å². The van der Waals surface area contributed by atoms with Crippen LogP contribution in [0.15, 0.2) is 59.4 Å². The summed E-state index contributed by atoms with van der Waals surface area (Å²) in [6, 6.07) is 15.6. The standard InChI is InChI=1S/C24H20N4O2S3/c1-3-26-17-11-9-14(2)13-15(17)10-12-18(26)19-21(29)27(16-7-5-4-6-8-16)23(32-19)20-22(30)28(25)24(31)33-20/h4-13H,3,25H2,1-2H3/b19-18-,23-20-. The van der Waals surface area contributed by atoms with Crippen molar-refractivity contribution in [3.63, 3.8) is 0 Å². The molecule has 0 spiro atoms. The van der Waals surface area contributed by atoms with Crippen LogP contribution in [-0.2, 0) is 4.79 Å². The van der Waals surface area contributed by atoms with Crippen molar-refractivity contribution in [2.75, 3.05) is 11.4 Å². The van der Waals surface area contributed by atoms with Crippen LogP contribution >= 0.6 is 35.3 Å². The number of nitrogens with two attached hydrogens (primary N) is 1. The molecule has 5 rings (SSSR count). The Morgan fingerprint density at radius 2 is 1.82 bits per heavy atom. The number of carbonyl (C=O) groups is 1. The lowest BCUT2D eigenvalue weighted by molar-refractivity contribution is -0.120. The van der Waals surface area contributed by atoms with Crippen LogP contribution in [-0.4, -0.2) is 26.3 Å². The molecule has 0 unspecified atom stereocenters. The highest BCUT2D eigenvalue weighted by atomic mass is 32.2. The van der Waals surface area contributed by atoms with Gasteiger partial charge in [-0.05, 0) is 61.5 Å². The second-order valence-corrected chi connectivity index (χ2v) is 10.3. The summed E-state index contributed by atoms with van der Waals surface area (Å²) in [6.45, 7) is 4.81. The Kier molecular flexibility index (Phi) is 5.57. The van der Waals surface area contributed by atoms with E-state index in [1.54, 1.807) is 4.57 Å². The Morgan fingerprint density at radius 1 is 1.06 bits per heavy atom. The van der Waals surface area contributed by atoms with Gasteiger partial charge in [0, 0.05) is 12.2 Å². The van der Waals surface area contributed by atoms with Gasteiger partial charge in [0.25, 0.3) is 11.5 Å². The number of anilines is 1. The number of amides is 1. The van der Waals surface area contributed by atoms with Crippen LogP contribution in [0.5, 0.6) is 0 Å². The van der Waals surface area contributed by atoms with E-state index in [1.807, 2.05) is 42.5 Å². The van der Waals surface area contributed by atoms with E-state index in [2.05, 4.69) is 36.9 Å². The first-order chi connectivity index (χ1) is 15.9. The highest BCUT2D eigenvalue weighted by molar-refractivity contribution is 8.30. The number of benzene rings is 2. The summed E-state index contributed by atoms with van der Waals surface area (Å²) in [5.41, 5.74) is 4.65. The number of rotatable bonds is 2. The van der Waals surface area contributed by atoms with Gasteiger partial charge in [0.1, 0.15) is 14.1 Å². The molecule has 1 aromatic heterocycles. The predicted octanol–water partition coefficient (Wildman–Crippen LogP) is 2.71. The zero-order valence-corrected chi connectivity index (χ0v) is 20.4. The third kappa shape index (κ3) is 3.57. The molecule has 0 radical (unpaired) electrons. The van der Waals surface area contributed by atoms with E-state index in [-0.39, 0.29) is 9.88 Å². The molecule has 2 aromatic carbocycles. The number of thiazole rings is 1. The molecular weight excluding hydrogens is 472 g/mol. The van der Waals surface area contributed by atoms with Gasteiger partial charge < -0.3 is 4.90 Å². The van der Waals surface area contributed by atoms with Gasteiger partial charge in [-0.15, -0.1) is 11.3 Å². The Balaban J connectivity index is 1.87. The zero-order valence-electron chi connectivity index (χ0n) is 17.9. The summed E-state index contributed by atoms with van der Waals surface area (Å²) in [5.74, 6) is 5.43. The molecule has 6 nitrogen and oxygen atoms in total. The number of para-hydroxylation sites is 1. The molecule has 2 aliphatic rings. The minimum Gasteiger partial charge on any atom is -0.340 e. The van der Waals surface area contributed by atoms with E-state index in [9.17, 15) is 9.59 Å². The van der Waals surface area contributed by atoms with Crippen LogP contribution in [0.25, 0.3) is 22.4 Å². The Hall–Kier alpha value is -2.98. The first-order valence-corrected chi connectivity index (χ1v) is 12.4. The lowest BCUT2D eigenvalue weighted by Crippen LogP contribution is -2.37. The molecule has 1 amide bonds. The average molecular weight is 493 g/mol. The quantitative estimate of drug-likeness (QED) is 0.337. The highest BCUT2D eigenvalue weighted by Crippen LogP contribution is 2.32. The number of likely N-dealkylation sites (N-methyl/N-ethyl adjacent to an activating group) is 1. The van der Waals surface area contributed by atoms with E-state index in [1.165, 1.54) is 16.9 Å². The number of aromatic nitrogens is 1. The van der Waals surface area contributed by atoms with E-state index >= 15 is 0 Å². The fraction of sp³-hybridized carbons (Fsp3) is 0.125. The largest absolute Gasteiger partial charge is 0.340 e. The number of thioether (sulfide) groups is 1. The van der Waals surface area contributed by atoms with Crippen LogP contribution in [0.3, 0.4) is 0 Å². The fourth-order valence-electron chi connectivity index (χ4n) is 3.99. The van der Waals surface area contributed by atoms with E-state index in [4.69, 9.17) is 18.1 Å². The number of hydrogen-bond acceptors (Lipinski definition) is 7. The van der Waals surface area contributed by atoms with Crippen LogP contribution in [0.2, 0.25) is 0 Å². The molecule has 3 heterocycles. The number of carbonyl (C=O) groups excluding carboxylic acids is 1. The van der Waals surface area contributed by atoms with Crippen molar-refractivity contribution in [2.45, 2.75) is 13.8 Å². The van der Waals surface area contributed by atoms with Crippen molar-refractivity contribution >= 4 is 67.9 Å². The fourth-order valence-corrected chi connectivity index (χ4v) is 6.41. The summed E-state index contributed by atoms with van der Waals surface area (Å²) in [5, 5.41) is 0.957. The molecule has 0 aliphatic carbocycles. The molecule has 9 heteroatoms. The third-order valence-electron chi connectivity index (χ3n) is 5.54. The minimum absolute atomic E-state index is 0.183. The Bertz CT molecular complexity index is 1520. The molecule has 166 valence electrons. The lowest BCUT2D eigenvalue weighted by Gasteiger charge is -2.29. The van der Waals surface area contributed by atoms with Crippen molar-refractivity contribution in [2.24, 2.45) is 5.84 Å². The van der Waals surface area contributed by atoms with Crippen molar-refractivity contribution in [3.05, 3.63) is 85.3 Å². The van der Waals surface area contributed by atoms with Crippen molar-refractivity contribution < 1.29 is 4.79 Å². The zero-order chi connectivity index (χ0) is 23.3. The normalized spacial score (nSPS) is 18.9. The SMILES string of the molecule is CCN1/C(=c2\s/c(=C3\SC(=S)N(N)C3=O)n(-c3ccccc3)c2=O)C=Cc2cc(C)ccc21. The molecule has 2 N–H and O–H groups in total. The Morgan fingerprint density at radius 3 is 2.48 bits per heavy atom. The monoisotopic (exact) mass is 492 g/mol. The lowest BCUT2D eigenvalue weighted by atomic mass is 10.0. The van der Waals surface area contributed by atoms with Gasteiger partial charge in [0.05, 0.1) is 11.4 Å². The maximum atomic E-state index is 13.8.